The molecule has 2 aromatic carbocycles. The molecule has 0 fully saturated rings. The number of halogens is 2. The van der Waals surface area contributed by atoms with Gasteiger partial charge in [-0.15, -0.1) is 0 Å². The molecular weight excluding hydrogens is 528 g/mol. The average Bonchev–Trinajstić information content (AvgIpc) is 2.90. The number of nitrogens with one attached hydrogen (secondary N) is 2. The zero-order valence-corrected chi connectivity index (χ0v) is 24.9. The van der Waals surface area contributed by atoms with E-state index < -0.39 is 29.7 Å². The number of hydrogen-bond acceptors (Lipinski definition) is 4. The highest BCUT2D eigenvalue weighted by atomic mass is 19.1. The lowest BCUT2D eigenvalue weighted by atomic mass is 9.97. The maximum Gasteiger partial charge on any atom is 0.253 e. The van der Waals surface area contributed by atoms with Gasteiger partial charge in [0.05, 0.1) is 12.1 Å². The quantitative estimate of drug-likeness (QED) is 0.258. The summed E-state index contributed by atoms with van der Waals surface area (Å²) < 4.78 is 27.8. The van der Waals surface area contributed by atoms with Gasteiger partial charge in [-0.3, -0.25) is 14.4 Å². The number of carbonyl (C=O) groups excluding carboxylic acids is 3. The number of hydrogen-bond donors (Lipinski definition) is 3. The summed E-state index contributed by atoms with van der Waals surface area (Å²) in [6.07, 6.45) is 1.70. The largest absolute Gasteiger partial charge is 0.391 e. The predicted molar refractivity (Wildman–Crippen MR) is 157 cm³/mol. The summed E-state index contributed by atoms with van der Waals surface area (Å²) in [6, 6.07) is 7.07. The van der Waals surface area contributed by atoms with E-state index in [0.717, 1.165) is 43.0 Å². The fraction of sp³-hybridized carbons (Fsp3) is 0.531. The Kier molecular flexibility index (Phi) is 13.9. The first kappa shape index (κ1) is 33.9. The molecule has 0 heterocycles. The van der Waals surface area contributed by atoms with Gasteiger partial charge in [-0.2, -0.15) is 0 Å². The summed E-state index contributed by atoms with van der Waals surface area (Å²) in [4.78, 5) is 40.5. The van der Waals surface area contributed by atoms with Crippen molar-refractivity contribution in [3.63, 3.8) is 0 Å². The lowest BCUT2D eigenvalue weighted by Gasteiger charge is -2.25. The molecule has 3 amide bonds. The van der Waals surface area contributed by atoms with Crippen molar-refractivity contribution in [3.8, 4) is 0 Å². The Bertz CT molecular complexity index is 1150. The zero-order valence-electron chi connectivity index (χ0n) is 24.9. The summed E-state index contributed by atoms with van der Waals surface area (Å²) in [6.45, 7) is 11.2. The molecule has 0 aliphatic rings. The van der Waals surface area contributed by atoms with Crippen molar-refractivity contribution in [2.75, 3.05) is 19.6 Å². The number of aryl methyl sites for hydroxylation is 1. The van der Waals surface area contributed by atoms with E-state index in [1.807, 2.05) is 27.7 Å². The van der Waals surface area contributed by atoms with Crippen LogP contribution in [0.25, 0.3) is 0 Å². The second-order valence-electron chi connectivity index (χ2n) is 11.1. The highest BCUT2D eigenvalue weighted by Gasteiger charge is 2.24. The molecule has 0 bridgehead atoms. The van der Waals surface area contributed by atoms with E-state index in [-0.39, 0.29) is 42.3 Å². The Labute approximate surface area is 242 Å². The Morgan fingerprint density at radius 2 is 1.51 bits per heavy atom. The van der Waals surface area contributed by atoms with Crippen LogP contribution in [0.15, 0.2) is 36.4 Å². The van der Waals surface area contributed by atoms with Gasteiger partial charge in [0.1, 0.15) is 11.6 Å². The fourth-order valence-electron chi connectivity index (χ4n) is 4.66. The third-order valence-corrected chi connectivity index (χ3v) is 6.73. The van der Waals surface area contributed by atoms with Gasteiger partial charge in [0.25, 0.3) is 11.8 Å². The van der Waals surface area contributed by atoms with Gasteiger partial charge in [-0.1, -0.05) is 27.7 Å². The number of carbonyl (C=O) groups is 3. The van der Waals surface area contributed by atoms with Crippen LogP contribution in [0, 0.1) is 24.5 Å². The van der Waals surface area contributed by atoms with Gasteiger partial charge in [-0.25, -0.2) is 8.78 Å². The molecule has 7 nitrogen and oxygen atoms in total. The van der Waals surface area contributed by atoms with Crippen molar-refractivity contribution < 1.29 is 28.3 Å². The molecule has 41 heavy (non-hydrogen) atoms. The van der Waals surface area contributed by atoms with E-state index in [2.05, 4.69) is 10.6 Å². The molecule has 2 rings (SSSR count). The summed E-state index contributed by atoms with van der Waals surface area (Å²) in [5.74, 6) is -1.95. The molecule has 0 saturated carbocycles. The van der Waals surface area contributed by atoms with E-state index in [9.17, 15) is 28.3 Å². The second kappa shape index (κ2) is 16.8. The van der Waals surface area contributed by atoms with Gasteiger partial charge in [0, 0.05) is 43.2 Å². The molecule has 2 aromatic rings. The van der Waals surface area contributed by atoms with Crippen LogP contribution in [-0.4, -0.2) is 59.5 Å². The first-order valence-electron chi connectivity index (χ1n) is 14.5. The Morgan fingerprint density at radius 1 is 0.902 bits per heavy atom. The van der Waals surface area contributed by atoms with E-state index in [1.54, 1.807) is 24.0 Å². The van der Waals surface area contributed by atoms with Gasteiger partial charge in [0.15, 0.2) is 0 Å². The van der Waals surface area contributed by atoms with Gasteiger partial charge >= 0.3 is 0 Å². The fourth-order valence-corrected chi connectivity index (χ4v) is 4.66. The lowest BCUT2D eigenvalue weighted by Crippen LogP contribution is -2.46. The van der Waals surface area contributed by atoms with Crippen LogP contribution in [0.2, 0.25) is 0 Å². The minimum absolute atomic E-state index is 0.0404. The highest BCUT2D eigenvalue weighted by molar-refractivity contribution is 6.00. The third kappa shape index (κ3) is 11.6. The predicted octanol–water partition coefficient (Wildman–Crippen LogP) is 5.18. The number of nitrogens with zero attached hydrogens (tertiary/aromatic N) is 1. The van der Waals surface area contributed by atoms with Crippen molar-refractivity contribution in [2.45, 2.75) is 85.3 Å². The number of amides is 3. The Hall–Kier alpha value is -3.33. The van der Waals surface area contributed by atoms with Crippen LogP contribution in [0.4, 0.5) is 8.78 Å². The van der Waals surface area contributed by atoms with Crippen molar-refractivity contribution in [3.05, 3.63) is 70.3 Å². The van der Waals surface area contributed by atoms with Crippen molar-refractivity contribution in [2.24, 2.45) is 5.92 Å². The molecule has 0 unspecified atom stereocenters. The van der Waals surface area contributed by atoms with Crippen LogP contribution in [-0.2, 0) is 11.2 Å². The van der Waals surface area contributed by atoms with E-state index in [1.165, 1.54) is 6.07 Å². The molecule has 0 aromatic heterocycles. The monoisotopic (exact) mass is 573 g/mol. The molecule has 0 saturated heterocycles. The number of aliphatic hydroxyl groups is 1. The zero-order chi connectivity index (χ0) is 30.5. The van der Waals surface area contributed by atoms with Crippen LogP contribution in [0.5, 0.6) is 0 Å². The first-order valence-corrected chi connectivity index (χ1v) is 14.5. The topological polar surface area (TPSA) is 98.7 Å². The molecular formula is C32H45F2N3O4. The van der Waals surface area contributed by atoms with E-state index in [4.69, 9.17) is 0 Å². The molecule has 0 spiro atoms. The molecule has 0 aliphatic heterocycles. The smallest absolute Gasteiger partial charge is 0.253 e. The van der Waals surface area contributed by atoms with Crippen molar-refractivity contribution in [1.29, 1.82) is 0 Å². The Balaban J connectivity index is 2.24. The van der Waals surface area contributed by atoms with Crippen LogP contribution in [0.1, 0.15) is 91.6 Å². The maximum absolute atomic E-state index is 13.9. The highest BCUT2D eigenvalue weighted by Crippen LogP contribution is 2.17. The number of aliphatic hydroxyl groups excluding tert-OH is 1. The minimum Gasteiger partial charge on any atom is -0.391 e. The van der Waals surface area contributed by atoms with E-state index >= 15 is 0 Å². The molecule has 3 N–H and O–H groups in total. The van der Waals surface area contributed by atoms with Gasteiger partial charge < -0.3 is 20.6 Å². The SMILES string of the molecule is CCCN(CCC)C(=O)c1cc(C)cc(C(=O)N[C@H](Cc2cc(F)cc(F)c2)[C@@H](O)CCNC(=O)CCC(C)C)c1. The standard InChI is InChI=1S/C32H45F2N3O4/c1-6-12-37(13-7-2)32(41)25-15-22(5)14-24(19-25)31(40)36-28(18-23-16-26(33)20-27(34)17-23)29(38)10-11-35-30(39)9-8-21(3)4/h14-17,19-21,28-29,38H,6-13,18H2,1-5H3,(H,35,39)(H,36,40)/t28-,29+/m1/s1. The van der Waals surface area contributed by atoms with Crippen LogP contribution < -0.4 is 10.6 Å². The lowest BCUT2D eigenvalue weighted by molar-refractivity contribution is -0.121. The summed E-state index contributed by atoms with van der Waals surface area (Å²) in [7, 11) is 0. The second-order valence-corrected chi connectivity index (χ2v) is 11.1. The van der Waals surface area contributed by atoms with Crippen LogP contribution in [0.3, 0.4) is 0 Å². The molecule has 226 valence electrons. The Morgan fingerprint density at radius 3 is 2.10 bits per heavy atom. The number of rotatable bonds is 16. The molecule has 2 atom stereocenters. The third-order valence-electron chi connectivity index (χ3n) is 6.73. The molecule has 0 radical (unpaired) electrons. The summed E-state index contributed by atoms with van der Waals surface area (Å²) in [5, 5.41) is 16.6. The number of benzene rings is 2. The first-order chi connectivity index (χ1) is 19.4. The van der Waals surface area contributed by atoms with E-state index in [0.29, 0.717) is 31.0 Å². The average molecular weight is 574 g/mol. The molecule has 9 heteroatoms. The van der Waals surface area contributed by atoms with Gasteiger partial charge in [-0.05, 0) is 86.4 Å². The summed E-state index contributed by atoms with van der Waals surface area (Å²) in [5.41, 5.74) is 1.63. The van der Waals surface area contributed by atoms with Crippen LogP contribution >= 0.6 is 0 Å². The van der Waals surface area contributed by atoms with Crippen molar-refractivity contribution >= 4 is 17.7 Å². The molecule has 0 aliphatic carbocycles. The van der Waals surface area contributed by atoms with Gasteiger partial charge in [0.2, 0.25) is 5.91 Å². The normalized spacial score (nSPS) is 12.6. The minimum atomic E-state index is -1.12. The maximum atomic E-state index is 13.9. The van der Waals surface area contributed by atoms with Crippen molar-refractivity contribution in [1.82, 2.24) is 15.5 Å². The summed E-state index contributed by atoms with van der Waals surface area (Å²) >= 11 is 0.